The fraction of sp³-hybridized carbons (Fsp3) is 0.438. The SMILES string of the molecule is CC(C)CNCc1cn(CCOc2ccc(Br)cc2)cn1. The standard InChI is InChI=1S/C16H22BrN3O/c1-13(2)9-18-10-15-11-20(12-19-15)7-8-21-16-5-3-14(17)4-6-16/h3-6,11-13,18H,7-10H2,1-2H3. The molecule has 0 atom stereocenters. The normalized spacial score (nSPS) is 11.0. The largest absolute Gasteiger partial charge is 0.492 e. The Labute approximate surface area is 134 Å². The maximum atomic E-state index is 5.70. The molecule has 1 aromatic carbocycles. The minimum atomic E-state index is 0.636. The number of hydrogen-bond acceptors (Lipinski definition) is 3. The lowest BCUT2D eigenvalue weighted by atomic mass is 10.2. The van der Waals surface area contributed by atoms with Crippen molar-refractivity contribution in [3.63, 3.8) is 0 Å². The number of hydrogen-bond donors (Lipinski definition) is 1. The van der Waals surface area contributed by atoms with Crippen LogP contribution in [-0.4, -0.2) is 22.7 Å². The third-order valence-corrected chi connectivity index (χ3v) is 3.51. The summed E-state index contributed by atoms with van der Waals surface area (Å²) in [6.07, 6.45) is 3.93. The zero-order valence-electron chi connectivity index (χ0n) is 12.6. The number of ether oxygens (including phenoxy) is 1. The van der Waals surface area contributed by atoms with Crippen LogP contribution in [0.5, 0.6) is 5.75 Å². The molecule has 0 saturated heterocycles. The van der Waals surface area contributed by atoms with E-state index in [1.54, 1.807) is 0 Å². The third kappa shape index (κ3) is 5.89. The third-order valence-electron chi connectivity index (χ3n) is 2.98. The molecular formula is C16H22BrN3O. The molecule has 0 amide bonds. The molecule has 0 saturated carbocycles. The van der Waals surface area contributed by atoms with E-state index in [4.69, 9.17) is 4.74 Å². The highest BCUT2D eigenvalue weighted by atomic mass is 79.9. The van der Waals surface area contributed by atoms with Crippen molar-refractivity contribution >= 4 is 15.9 Å². The molecule has 114 valence electrons. The number of aromatic nitrogens is 2. The predicted molar refractivity (Wildman–Crippen MR) is 88.4 cm³/mol. The Balaban J connectivity index is 1.71. The first-order valence-corrected chi connectivity index (χ1v) is 8.02. The second kappa shape index (κ2) is 8.20. The van der Waals surface area contributed by atoms with Gasteiger partial charge < -0.3 is 14.6 Å². The summed E-state index contributed by atoms with van der Waals surface area (Å²) in [6, 6.07) is 7.87. The number of nitrogens with one attached hydrogen (secondary N) is 1. The second-order valence-electron chi connectivity index (χ2n) is 5.43. The van der Waals surface area contributed by atoms with Gasteiger partial charge in [-0.15, -0.1) is 0 Å². The molecule has 21 heavy (non-hydrogen) atoms. The molecule has 4 nitrogen and oxygen atoms in total. The fourth-order valence-electron chi connectivity index (χ4n) is 1.91. The van der Waals surface area contributed by atoms with Gasteiger partial charge in [0.2, 0.25) is 0 Å². The van der Waals surface area contributed by atoms with Gasteiger partial charge in [-0.25, -0.2) is 4.98 Å². The highest BCUT2D eigenvalue weighted by Crippen LogP contribution is 2.16. The van der Waals surface area contributed by atoms with E-state index in [0.29, 0.717) is 12.5 Å². The molecule has 2 rings (SSSR count). The van der Waals surface area contributed by atoms with E-state index < -0.39 is 0 Å². The Kier molecular flexibility index (Phi) is 6.26. The number of imidazole rings is 1. The van der Waals surface area contributed by atoms with Gasteiger partial charge in [-0.3, -0.25) is 0 Å². The molecule has 2 aromatic rings. The first-order chi connectivity index (χ1) is 10.1. The van der Waals surface area contributed by atoms with Gasteiger partial charge in [0.1, 0.15) is 12.4 Å². The van der Waals surface area contributed by atoms with Gasteiger partial charge in [0.25, 0.3) is 0 Å². The van der Waals surface area contributed by atoms with Gasteiger partial charge in [-0.05, 0) is 36.7 Å². The molecule has 0 aliphatic carbocycles. The smallest absolute Gasteiger partial charge is 0.119 e. The van der Waals surface area contributed by atoms with Crippen LogP contribution in [0, 0.1) is 5.92 Å². The van der Waals surface area contributed by atoms with Crippen molar-refractivity contribution in [2.75, 3.05) is 13.2 Å². The Morgan fingerprint density at radius 1 is 1.29 bits per heavy atom. The average Bonchev–Trinajstić information content (AvgIpc) is 2.88. The lowest BCUT2D eigenvalue weighted by Crippen LogP contribution is -2.19. The number of rotatable bonds is 8. The van der Waals surface area contributed by atoms with E-state index in [-0.39, 0.29) is 0 Å². The Morgan fingerprint density at radius 2 is 2.05 bits per heavy atom. The number of nitrogens with zero attached hydrogens (tertiary/aromatic N) is 2. The Hall–Kier alpha value is -1.33. The topological polar surface area (TPSA) is 39.1 Å². The van der Waals surface area contributed by atoms with Crippen molar-refractivity contribution in [2.24, 2.45) is 5.92 Å². The summed E-state index contributed by atoms with van der Waals surface area (Å²) in [5, 5.41) is 3.39. The maximum Gasteiger partial charge on any atom is 0.119 e. The molecule has 1 heterocycles. The Bertz CT molecular complexity index is 537. The Morgan fingerprint density at radius 3 is 2.76 bits per heavy atom. The molecule has 1 aromatic heterocycles. The van der Waals surface area contributed by atoms with E-state index in [2.05, 4.69) is 50.8 Å². The van der Waals surface area contributed by atoms with Crippen LogP contribution in [0.3, 0.4) is 0 Å². The first kappa shape index (κ1) is 16.0. The van der Waals surface area contributed by atoms with Gasteiger partial charge in [0.05, 0.1) is 18.6 Å². The quantitative estimate of drug-likeness (QED) is 0.791. The monoisotopic (exact) mass is 351 g/mol. The molecule has 0 aliphatic rings. The minimum Gasteiger partial charge on any atom is -0.492 e. The molecule has 0 bridgehead atoms. The molecule has 0 aliphatic heterocycles. The lowest BCUT2D eigenvalue weighted by molar-refractivity contribution is 0.298. The van der Waals surface area contributed by atoms with Gasteiger partial charge in [-0.2, -0.15) is 0 Å². The minimum absolute atomic E-state index is 0.636. The van der Waals surface area contributed by atoms with E-state index in [1.165, 1.54) is 0 Å². The summed E-state index contributed by atoms with van der Waals surface area (Å²) in [6.45, 7) is 7.67. The van der Waals surface area contributed by atoms with Crippen LogP contribution in [0.25, 0.3) is 0 Å². The zero-order valence-corrected chi connectivity index (χ0v) is 14.1. The van der Waals surface area contributed by atoms with Crippen LogP contribution >= 0.6 is 15.9 Å². The fourth-order valence-corrected chi connectivity index (χ4v) is 2.17. The molecule has 1 N–H and O–H groups in total. The van der Waals surface area contributed by atoms with Crippen LogP contribution in [0.4, 0.5) is 0 Å². The van der Waals surface area contributed by atoms with E-state index in [1.807, 2.05) is 30.6 Å². The zero-order chi connectivity index (χ0) is 15.1. The molecule has 0 radical (unpaired) electrons. The first-order valence-electron chi connectivity index (χ1n) is 7.23. The van der Waals surface area contributed by atoms with E-state index in [9.17, 15) is 0 Å². The summed E-state index contributed by atoms with van der Waals surface area (Å²) < 4.78 is 8.82. The second-order valence-corrected chi connectivity index (χ2v) is 6.35. The summed E-state index contributed by atoms with van der Waals surface area (Å²) >= 11 is 3.41. The van der Waals surface area contributed by atoms with Crippen LogP contribution in [-0.2, 0) is 13.1 Å². The van der Waals surface area contributed by atoms with Crippen molar-refractivity contribution in [1.82, 2.24) is 14.9 Å². The average molecular weight is 352 g/mol. The summed E-state index contributed by atoms with van der Waals surface area (Å²) in [5.74, 6) is 1.54. The van der Waals surface area contributed by atoms with Crippen molar-refractivity contribution in [3.05, 3.63) is 47.0 Å². The predicted octanol–water partition coefficient (Wildman–Crippen LogP) is 3.47. The number of benzene rings is 1. The van der Waals surface area contributed by atoms with Crippen LogP contribution in [0.2, 0.25) is 0 Å². The van der Waals surface area contributed by atoms with Crippen LogP contribution in [0.15, 0.2) is 41.3 Å². The van der Waals surface area contributed by atoms with Gasteiger partial charge in [0, 0.05) is 17.2 Å². The molecule has 0 unspecified atom stereocenters. The molecule has 0 spiro atoms. The summed E-state index contributed by atoms with van der Waals surface area (Å²) in [4.78, 5) is 4.39. The maximum absolute atomic E-state index is 5.70. The summed E-state index contributed by atoms with van der Waals surface area (Å²) in [5.41, 5.74) is 1.07. The molecule has 5 heteroatoms. The lowest BCUT2D eigenvalue weighted by Gasteiger charge is -2.07. The van der Waals surface area contributed by atoms with Crippen molar-refractivity contribution in [2.45, 2.75) is 26.9 Å². The summed E-state index contributed by atoms with van der Waals surface area (Å²) in [7, 11) is 0. The highest BCUT2D eigenvalue weighted by molar-refractivity contribution is 9.10. The van der Waals surface area contributed by atoms with Crippen LogP contribution < -0.4 is 10.1 Å². The van der Waals surface area contributed by atoms with Crippen molar-refractivity contribution in [3.8, 4) is 5.75 Å². The molecule has 0 fully saturated rings. The van der Waals surface area contributed by atoms with Gasteiger partial charge in [0.15, 0.2) is 0 Å². The van der Waals surface area contributed by atoms with Gasteiger partial charge >= 0.3 is 0 Å². The van der Waals surface area contributed by atoms with E-state index >= 15 is 0 Å². The number of halogens is 1. The van der Waals surface area contributed by atoms with Crippen molar-refractivity contribution in [1.29, 1.82) is 0 Å². The van der Waals surface area contributed by atoms with Crippen LogP contribution in [0.1, 0.15) is 19.5 Å². The molecular weight excluding hydrogens is 330 g/mol. The van der Waals surface area contributed by atoms with E-state index in [0.717, 1.165) is 35.6 Å². The highest BCUT2D eigenvalue weighted by Gasteiger charge is 2.00. The van der Waals surface area contributed by atoms with Crippen molar-refractivity contribution < 1.29 is 4.74 Å². The van der Waals surface area contributed by atoms with Gasteiger partial charge in [-0.1, -0.05) is 29.8 Å².